The van der Waals surface area contributed by atoms with E-state index in [0.29, 0.717) is 0 Å². The molecule has 0 spiro atoms. The molecule has 0 aromatic carbocycles. The van der Waals surface area contributed by atoms with E-state index in [4.69, 9.17) is 10.7 Å². The first-order valence-electron chi connectivity index (χ1n) is 5.59. The van der Waals surface area contributed by atoms with Gasteiger partial charge >= 0.3 is 0 Å². The number of pyridine rings is 1. The molecule has 1 aromatic heterocycles. The first-order chi connectivity index (χ1) is 7.09. The van der Waals surface area contributed by atoms with Crippen molar-refractivity contribution in [3.05, 3.63) is 22.5 Å². The number of halogens is 1. The highest BCUT2D eigenvalue weighted by Crippen LogP contribution is 2.46. The number of fused-ring (bicyclic) bond motifs is 2. The average molecular weight is 314 g/mol. The van der Waals surface area contributed by atoms with Gasteiger partial charge in [-0.25, -0.2) is 0 Å². The van der Waals surface area contributed by atoms with E-state index in [9.17, 15) is 0 Å². The van der Waals surface area contributed by atoms with Gasteiger partial charge in [0, 0.05) is 11.4 Å². The Hall–Kier alpha value is -0.320. The predicted molar refractivity (Wildman–Crippen MR) is 70.4 cm³/mol. The molecule has 3 rings (SSSR count). The van der Waals surface area contributed by atoms with Gasteiger partial charge in [0.2, 0.25) is 0 Å². The molecule has 2 aliphatic carbocycles. The van der Waals surface area contributed by atoms with E-state index in [1.165, 1.54) is 35.4 Å². The topological polar surface area (TPSA) is 38.9 Å². The van der Waals surface area contributed by atoms with Crippen molar-refractivity contribution in [2.45, 2.75) is 42.4 Å². The number of anilines is 1. The van der Waals surface area contributed by atoms with Crippen LogP contribution in [0.1, 0.15) is 42.3 Å². The predicted octanol–water partition coefficient (Wildman–Crippen LogP) is 2.75. The van der Waals surface area contributed by atoms with Crippen molar-refractivity contribution in [2.24, 2.45) is 0 Å². The van der Waals surface area contributed by atoms with Crippen molar-refractivity contribution in [2.75, 3.05) is 5.73 Å². The summed E-state index contributed by atoms with van der Waals surface area (Å²) in [4.78, 5) is 4.86. The average Bonchev–Trinajstić information content (AvgIpc) is 2.73. The van der Waals surface area contributed by atoms with Gasteiger partial charge < -0.3 is 5.73 Å². The summed E-state index contributed by atoms with van der Waals surface area (Å²) in [6.07, 6.45) is 5.79. The van der Waals surface area contributed by atoms with Gasteiger partial charge in [-0.05, 0) is 50.2 Å². The summed E-state index contributed by atoms with van der Waals surface area (Å²) in [5.74, 6) is 0. The molecule has 15 heavy (non-hydrogen) atoms. The zero-order valence-corrected chi connectivity index (χ0v) is 11.1. The Morgan fingerprint density at radius 1 is 1.27 bits per heavy atom. The Kier molecular flexibility index (Phi) is 2.03. The van der Waals surface area contributed by atoms with Gasteiger partial charge in [0.05, 0.1) is 9.12 Å². The largest absolute Gasteiger partial charge is 0.398 e. The van der Waals surface area contributed by atoms with Crippen LogP contribution in [-0.4, -0.2) is 4.98 Å². The lowest BCUT2D eigenvalue weighted by Crippen LogP contribution is -2.12. The molecule has 3 heteroatoms. The summed E-state index contributed by atoms with van der Waals surface area (Å²) < 4.78 is 0.207. The molecule has 0 saturated carbocycles. The summed E-state index contributed by atoms with van der Waals surface area (Å²) in [7, 11) is 0. The zero-order valence-electron chi connectivity index (χ0n) is 8.94. The number of nitrogen functional groups attached to an aromatic ring is 1. The van der Waals surface area contributed by atoms with Crippen LogP contribution in [0.2, 0.25) is 0 Å². The number of aryl methyl sites for hydroxylation is 1. The van der Waals surface area contributed by atoms with Crippen molar-refractivity contribution in [3.8, 4) is 0 Å². The number of aromatic nitrogens is 1. The van der Waals surface area contributed by atoms with Crippen LogP contribution < -0.4 is 5.73 Å². The van der Waals surface area contributed by atoms with E-state index in [-0.39, 0.29) is 3.42 Å². The highest BCUT2D eigenvalue weighted by atomic mass is 127. The molecule has 2 aliphatic rings. The maximum absolute atomic E-state index is 6.26. The second-order valence-electron chi connectivity index (χ2n) is 4.83. The van der Waals surface area contributed by atoms with Gasteiger partial charge in [-0.3, -0.25) is 4.98 Å². The first kappa shape index (κ1) is 9.87. The minimum Gasteiger partial charge on any atom is -0.398 e. The van der Waals surface area contributed by atoms with Gasteiger partial charge in [0.15, 0.2) is 0 Å². The molecular formula is C12H15IN2. The molecule has 0 amide bonds. The monoisotopic (exact) mass is 314 g/mol. The lowest BCUT2D eigenvalue weighted by atomic mass is 10.0. The molecule has 0 radical (unpaired) electrons. The second-order valence-corrected chi connectivity index (χ2v) is 7.21. The molecule has 1 aromatic rings. The molecule has 1 heterocycles. The maximum Gasteiger partial charge on any atom is 0.0621 e. The van der Waals surface area contributed by atoms with Crippen LogP contribution in [0.4, 0.5) is 5.69 Å². The lowest BCUT2D eigenvalue weighted by Gasteiger charge is -2.17. The molecule has 0 aliphatic heterocycles. The van der Waals surface area contributed by atoms with Gasteiger partial charge in [0.25, 0.3) is 0 Å². The molecule has 80 valence electrons. The van der Waals surface area contributed by atoms with Crippen molar-refractivity contribution in [3.63, 3.8) is 0 Å². The Labute approximate surface area is 104 Å². The van der Waals surface area contributed by atoms with Crippen LogP contribution in [0, 0.1) is 0 Å². The highest BCUT2D eigenvalue weighted by Gasteiger charge is 2.36. The van der Waals surface area contributed by atoms with Gasteiger partial charge in [0.1, 0.15) is 0 Å². The number of nitrogens with two attached hydrogens (primary N) is 1. The van der Waals surface area contributed by atoms with Gasteiger partial charge in [-0.1, -0.05) is 22.6 Å². The van der Waals surface area contributed by atoms with Crippen LogP contribution in [0.3, 0.4) is 0 Å². The summed E-state index contributed by atoms with van der Waals surface area (Å²) in [5.41, 5.74) is 12.6. The molecule has 0 fully saturated rings. The standard InChI is InChI=1S/C12H15IN2/c1-12(13)6-5-8-10(14)7-3-2-4-9(7)15-11(8)12/h2-6H2,1H3,(H2,14,15). The number of alkyl halides is 1. The lowest BCUT2D eigenvalue weighted by molar-refractivity contribution is 0.696. The Morgan fingerprint density at radius 3 is 2.87 bits per heavy atom. The second kappa shape index (κ2) is 3.09. The van der Waals surface area contributed by atoms with Crippen molar-refractivity contribution < 1.29 is 0 Å². The van der Waals surface area contributed by atoms with Crippen molar-refractivity contribution in [1.29, 1.82) is 0 Å². The normalized spacial score (nSPS) is 27.9. The number of hydrogen-bond donors (Lipinski definition) is 1. The molecule has 1 unspecified atom stereocenters. The zero-order chi connectivity index (χ0) is 10.6. The fraction of sp³-hybridized carbons (Fsp3) is 0.583. The third kappa shape index (κ3) is 1.31. The summed E-state index contributed by atoms with van der Waals surface area (Å²) in [6.45, 7) is 2.27. The fourth-order valence-electron chi connectivity index (χ4n) is 2.82. The van der Waals surface area contributed by atoms with E-state index < -0.39 is 0 Å². The van der Waals surface area contributed by atoms with Crippen LogP contribution in [0.5, 0.6) is 0 Å². The third-order valence-electron chi connectivity index (χ3n) is 3.71. The minimum absolute atomic E-state index is 0.207. The van der Waals surface area contributed by atoms with E-state index in [2.05, 4.69) is 29.5 Å². The van der Waals surface area contributed by atoms with Gasteiger partial charge in [-0.2, -0.15) is 0 Å². The fourth-order valence-corrected chi connectivity index (χ4v) is 3.53. The van der Waals surface area contributed by atoms with Gasteiger partial charge in [-0.15, -0.1) is 0 Å². The van der Waals surface area contributed by atoms with Crippen LogP contribution in [0.15, 0.2) is 0 Å². The Balaban J connectivity index is 2.26. The number of hydrogen-bond acceptors (Lipinski definition) is 2. The smallest absolute Gasteiger partial charge is 0.0621 e. The van der Waals surface area contributed by atoms with Crippen LogP contribution in [0.25, 0.3) is 0 Å². The molecule has 2 nitrogen and oxygen atoms in total. The molecule has 0 bridgehead atoms. The van der Waals surface area contributed by atoms with Crippen LogP contribution >= 0.6 is 22.6 Å². The van der Waals surface area contributed by atoms with Crippen molar-refractivity contribution >= 4 is 28.3 Å². The van der Waals surface area contributed by atoms with E-state index in [1.54, 1.807) is 0 Å². The van der Waals surface area contributed by atoms with Crippen LogP contribution in [-0.2, 0) is 22.7 Å². The number of nitrogens with zero attached hydrogens (tertiary/aromatic N) is 1. The molecular weight excluding hydrogens is 299 g/mol. The summed E-state index contributed by atoms with van der Waals surface area (Å²) in [5, 5.41) is 0. The minimum atomic E-state index is 0.207. The van der Waals surface area contributed by atoms with Crippen molar-refractivity contribution in [1.82, 2.24) is 4.98 Å². The van der Waals surface area contributed by atoms with E-state index in [0.717, 1.165) is 24.9 Å². The molecule has 0 saturated heterocycles. The van der Waals surface area contributed by atoms with E-state index >= 15 is 0 Å². The Bertz CT molecular complexity index is 438. The molecule has 1 atom stereocenters. The number of rotatable bonds is 0. The SMILES string of the molecule is CC1(I)CCc2c1nc1c(c2N)CCC1. The quantitative estimate of drug-likeness (QED) is 0.591. The summed E-state index contributed by atoms with van der Waals surface area (Å²) >= 11 is 2.52. The maximum atomic E-state index is 6.26. The van der Waals surface area contributed by atoms with E-state index in [1.807, 2.05) is 0 Å². The summed E-state index contributed by atoms with van der Waals surface area (Å²) in [6, 6.07) is 0. The third-order valence-corrected chi connectivity index (χ3v) is 4.76. The highest BCUT2D eigenvalue weighted by molar-refractivity contribution is 14.1. The first-order valence-corrected chi connectivity index (χ1v) is 6.67. The molecule has 2 N–H and O–H groups in total. The Morgan fingerprint density at radius 2 is 2.07 bits per heavy atom.